The Morgan fingerprint density at radius 1 is 1.03 bits per heavy atom. The normalized spacial score (nSPS) is 32.2. The summed E-state index contributed by atoms with van der Waals surface area (Å²) in [6.45, 7) is 9.47. The van der Waals surface area contributed by atoms with Crippen LogP contribution in [0.1, 0.15) is 92.5 Å². The molecule has 164 valence electrons. The smallest absolute Gasteiger partial charge is 0.337 e. The topological polar surface area (TPSA) is 59.4 Å². The van der Waals surface area contributed by atoms with Gasteiger partial charge in [0.1, 0.15) is 5.60 Å². The average molecular weight is 420 g/mol. The van der Waals surface area contributed by atoms with E-state index < -0.39 is 11.6 Å². The van der Waals surface area contributed by atoms with E-state index in [1.54, 1.807) is 13.2 Å². The molecule has 3 unspecified atom stereocenters. The highest BCUT2D eigenvalue weighted by Gasteiger charge is 2.73. The molecule has 2 aromatic rings. The van der Waals surface area contributed by atoms with Crippen LogP contribution in [-0.4, -0.2) is 23.2 Å². The maximum absolute atomic E-state index is 11.3. The molecule has 3 aliphatic rings. The predicted octanol–water partition coefficient (Wildman–Crippen LogP) is 5.72. The minimum absolute atomic E-state index is 0.0772. The number of rotatable bonds is 4. The van der Waals surface area contributed by atoms with E-state index in [1.807, 2.05) is 6.07 Å². The molecule has 31 heavy (non-hydrogen) atoms. The Morgan fingerprint density at radius 3 is 2.32 bits per heavy atom. The highest BCUT2D eigenvalue weighted by Crippen LogP contribution is 2.73. The van der Waals surface area contributed by atoms with Crippen LogP contribution in [0.5, 0.6) is 0 Å². The van der Waals surface area contributed by atoms with Crippen LogP contribution in [0.3, 0.4) is 0 Å². The van der Waals surface area contributed by atoms with Crippen molar-refractivity contribution in [2.24, 2.45) is 5.92 Å². The first-order chi connectivity index (χ1) is 14.6. The van der Waals surface area contributed by atoms with Gasteiger partial charge >= 0.3 is 5.97 Å². The number of nitrogens with zero attached hydrogens (tertiary/aromatic N) is 1. The van der Waals surface area contributed by atoms with Crippen LogP contribution < -0.4 is 0 Å². The van der Waals surface area contributed by atoms with E-state index >= 15 is 0 Å². The summed E-state index contributed by atoms with van der Waals surface area (Å²) in [4.78, 5) is 15.9. The molecule has 0 amide bonds. The largest absolute Gasteiger partial charge is 0.478 e. The summed E-state index contributed by atoms with van der Waals surface area (Å²) in [6, 6.07) is 10.7. The minimum atomic E-state index is -0.949. The quantitative estimate of drug-likeness (QED) is 0.688. The fourth-order valence-corrected chi connectivity index (χ4v) is 6.73. The summed E-state index contributed by atoms with van der Waals surface area (Å²) in [5.74, 6) is -0.360. The summed E-state index contributed by atoms with van der Waals surface area (Å²) in [5.41, 5.74) is 5.18. The van der Waals surface area contributed by atoms with Gasteiger partial charge in [-0.05, 0) is 77.7 Å². The molecule has 4 nitrogen and oxygen atoms in total. The molecule has 5 rings (SSSR count). The van der Waals surface area contributed by atoms with E-state index in [-0.39, 0.29) is 21.8 Å². The van der Waals surface area contributed by atoms with Crippen molar-refractivity contribution in [3.05, 3.63) is 64.5 Å². The van der Waals surface area contributed by atoms with E-state index in [4.69, 9.17) is 4.74 Å². The maximum atomic E-state index is 11.3. The lowest BCUT2D eigenvalue weighted by Gasteiger charge is -2.43. The molecular formula is C27H33NO3. The number of carboxylic acid groups (broad SMARTS) is 1. The van der Waals surface area contributed by atoms with Gasteiger partial charge in [-0.15, -0.1) is 0 Å². The maximum Gasteiger partial charge on any atom is 0.337 e. The van der Waals surface area contributed by atoms with Crippen LogP contribution in [-0.2, 0) is 26.6 Å². The fourth-order valence-electron chi connectivity index (χ4n) is 6.73. The molecule has 3 atom stereocenters. The molecule has 0 radical (unpaired) electrons. The second-order valence-corrected chi connectivity index (χ2v) is 11.2. The van der Waals surface area contributed by atoms with Crippen LogP contribution in [0.4, 0.5) is 0 Å². The monoisotopic (exact) mass is 419 g/mol. The molecule has 1 aromatic heterocycles. The van der Waals surface area contributed by atoms with Crippen molar-refractivity contribution in [3.63, 3.8) is 0 Å². The Bertz CT molecular complexity index is 1050. The molecule has 3 aliphatic carbocycles. The Morgan fingerprint density at radius 2 is 1.74 bits per heavy atom. The first-order valence-corrected chi connectivity index (χ1v) is 11.5. The lowest BCUT2D eigenvalue weighted by molar-refractivity contribution is -0.0456. The number of carboxylic acids is 1. The highest BCUT2D eigenvalue weighted by atomic mass is 16.5. The average Bonchev–Trinajstić information content (AvgIpc) is 3.40. The van der Waals surface area contributed by atoms with Gasteiger partial charge in [0.2, 0.25) is 0 Å². The summed E-state index contributed by atoms with van der Waals surface area (Å²) < 4.78 is 6.32. The molecule has 1 heterocycles. The first-order valence-electron chi connectivity index (χ1n) is 11.5. The zero-order valence-corrected chi connectivity index (χ0v) is 19.3. The molecule has 1 N–H and O–H groups in total. The summed E-state index contributed by atoms with van der Waals surface area (Å²) in [6.07, 6.45) is 7.01. The SMILES string of the molecule is COC1(c2ccc(C(=O)O)cn2)CCC2CC21c1ccc2c(c1)C(C)(C)CCC2(C)C. The molecule has 2 saturated carbocycles. The number of hydrogen-bond acceptors (Lipinski definition) is 3. The van der Waals surface area contributed by atoms with E-state index in [0.717, 1.165) is 25.0 Å². The van der Waals surface area contributed by atoms with E-state index in [9.17, 15) is 9.90 Å². The molecule has 4 heteroatoms. The van der Waals surface area contributed by atoms with Gasteiger partial charge in [0.25, 0.3) is 0 Å². The van der Waals surface area contributed by atoms with E-state index in [0.29, 0.717) is 5.92 Å². The number of hydrogen-bond donors (Lipinski definition) is 1. The van der Waals surface area contributed by atoms with Gasteiger partial charge in [-0.1, -0.05) is 45.9 Å². The summed E-state index contributed by atoms with van der Waals surface area (Å²) >= 11 is 0. The lowest BCUT2D eigenvalue weighted by atomic mass is 9.62. The Balaban J connectivity index is 1.64. The first kappa shape index (κ1) is 20.7. The molecule has 1 aromatic carbocycles. The predicted molar refractivity (Wildman–Crippen MR) is 121 cm³/mol. The zero-order chi connectivity index (χ0) is 22.2. The molecule has 0 spiro atoms. The third-order valence-electron chi connectivity index (χ3n) is 8.81. The third kappa shape index (κ3) is 2.70. The van der Waals surface area contributed by atoms with Crippen molar-refractivity contribution in [1.29, 1.82) is 0 Å². The molecular weight excluding hydrogens is 386 g/mol. The van der Waals surface area contributed by atoms with Gasteiger partial charge in [0.15, 0.2) is 0 Å². The highest BCUT2D eigenvalue weighted by molar-refractivity contribution is 5.87. The number of aromatic carboxylic acids is 1. The number of ether oxygens (including phenoxy) is 1. The lowest BCUT2D eigenvalue weighted by Crippen LogP contribution is -2.41. The van der Waals surface area contributed by atoms with E-state index in [2.05, 4.69) is 50.9 Å². The van der Waals surface area contributed by atoms with Crippen molar-refractivity contribution < 1.29 is 14.6 Å². The molecule has 0 bridgehead atoms. The van der Waals surface area contributed by atoms with Crippen molar-refractivity contribution in [2.75, 3.05) is 7.11 Å². The summed E-state index contributed by atoms with van der Waals surface area (Å²) in [5, 5.41) is 9.28. The van der Waals surface area contributed by atoms with Gasteiger partial charge in [-0.2, -0.15) is 0 Å². The number of fused-ring (bicyclic) bond motifs is 2. The summed E-state index contributed by atoms with van der Waals surface area (Å²) in [7, 11) is 1.79. The Kier molecular flexibility index (Phi) is 4.28. The molecule has 0 saturated heterocycles. The van der Waals surface area contributed by atoms with Gasteiger partial charge in [-0.25, -0.2) is 4.79 Å². The second-order valence-electron chi connectivity index (χ2n) is 11.2. The van der Waals surface area contributed by atoms with Crippen molar-refractivity contribution in [3.8, 4) is 0 Å². The van der Waals surface area contributed by atoms with Crippen LogP contribution >= 0.6 is 0 Å². The van der Waals surface area contributed by atoms with Crippen LogP contribution in [0.15, 0.2) is 36.5 Å². The van der Waals surface area contributed by atoms with Gasteiger partial charge in [0.05, 0.1) is 11.3 Å². The Labute approximate surface area is 185 Å². The zero-order valence-electron chi connectivity index (χ0n) is 19.3. The van der Waals surface area contributed by atoms with Crippen LogP contribution in [0.2, 0.25) is 0 Å². The van der Waals surface area contributed by atoms with Gasteiger partial charge in [-0.3, -0.25) is 4.98 Å². The van der Waals surface area contributed by atoms with Crippen molar-refractivity contribution in [2.45, 2.75) is 81.6 Å². The standard InChI is InChI=1S/C27H33NO3/c1-24(2)12-13-25(3,4)21-14-18(7-8-20(21)24)26-15-19(26)10-11-27(26,31-5)22-9-6-17(16-28-22)23(29)30/h6-9,14,16,19H,10-13,15H2,1-5H3,(H,29,30). The van der Waals surface area contributed by atoms with Crippen LogP contribution in [0, 0.1) is 5.92 Å². The number of aromatic nitrogens is 1. The molecule has 2 fully saturated rings. The van der Waals surface area contributed by atoms with Crippen LogP contribution in [0.25, 0.3) is 0 Å². The number of benzene rings is 1. The fraction of sp³-hybridized carbons (Fsp3) is 0.556. The van der Waals surface area contributed by atoms with Crippen molar-refractivity contribution in [1.82, 2.24) is 4.98 Å². The van der Waals surface area contributed by atoms with Gasteiger partial charge in [0, 0.05) is 18.7 Å². The minimum Gasteiger partial charge on any atom is -0.478 e. The Hall–Kier alpha value is -2.20. The number of pyridine rings is 1. The van der Waals surface area contributed by atoms with E-state index in [1.165, 1.54) is 35.7 Å². The molecule has 0 aliphatic heterocycles. The van der Waals surface area contributed by atoms with Crippen molar-refractivity contribution >= 4 is 5.97 Å². The van der Waals surface area contributed by atoms with Gasteiger partial charge < -0.3 is 9.84 Å². The number of carbonyl (C=O) groups is 1. The third-order valence-corrected chi connectivity index (χ3v) is 8.81. The second kappa shape index (κ2) is 6.41. The number of methoxy groups -OCH3 is 1.